The molecule has 0 aliphatic heterocycles. The van der Waals surface area contributed by atoms with Crippen LogP contribution in [0.5, 0.6) is 0 Å². The van der Waals surface area contributed by atoms with Crippen molar-refractivity contribution in [3.63, 3.8) is 0 Å². The van der Waals surface area contributed by atoms with E-state index in [1.807, 2.05) is 0 Å². The standard InChI is InChI=1S/C22H21N/c1-2-12-22(19-13-6-3-7-14-19)23(20-15-8-4-9-16-20)21-17-10-5-11-18-21/h3-18H,2H2,1H3. The smallest absolute Gasteiger partial charge is 0.0494 e. The van der Waals surface area contributed by atoms with Crippen LogP contribution in [0.4, 0.5) is 11.4 Å². The second kappa shape index (κ2) is 7.46. The maximum Gasteiger partial charge on any atom is 0.0494 e. The van der Waals surface area contributed by atoms with Gasteiger partial charge in [-0.05, 0) is 36.2 Å². The van der Waals surface area contributed by atoms with E-state index in [0.717, 1.165) is 6.42 Å². The summed E-state index contributed by atoms with van der Waals surface area (Å²) < 4.78 is 0. The molecule has 114 valence electrons. The Balaban J connectivity index is 2.16. The molecule has 0 unspecified atom stereocenters. The first-order chi connectivity index (χ1) is 11.4. The van der Waals surface area contributed by atoms with Crippen molar-refractivity contribution in [2.75, 3.05) is 4.90 Å². The first kappa shape index (κ1) is 15.1. The molecule has 0 bridgehead atoms. The molecule has 0 aromatic heterocycles. The first-order valence-electron chi connectivity index (χ1n) is 8.06. The molecule has 0 saturated carbocycles. The van der Waals surface area contributed by atoms with Gasteiger partial charge in [0, 0.05) is 17.1 Å². The van der Waals surface area contributed by atoms with Gasteiger partial charge in [0.25, 0.3) is 0 Å². The summed E-state index contributed by atoms with van der Waals surface area (Å²) in [6.45, 7) is 2.18. The Morgan fingerprint density at radius 2 is 1.13 bits per heavy atom. The highest BCUT2D eigenvalue weighted by atomic mass is 15.1. The SMILES string of the molecule is CCC=C(c1ccccc1)N(c1ccccc1)c1ccccc1. The van der Waals surface area contributed by atoms with Crippen molar-refractivity contribution in [3.8, 4) is 0 Å². The fourth-order valence-electron chi connectivity index (χ4n) is 2.72. The van der Waals surface area contributed by atoms with E-state index in [0.29, 0.717) is 0 Å². The van der Waals surface area contributed by atoms with Crippen molar-refractivity contribution >= 4 is 17.1 Å². The lowest BCUT2D eigenvalue weighted by atomic mass is 10.1. The molecule has 3 aromatic carbocycles. The molecule has 0 saturated heterocycles. The number of allylic oxidation sites excluding steroid dienone is 1. The molecule has 0 radical (unpaired) electrons. The molecule has 3 aromatic rings. The van der Waals surface area contributed by atoms with Crippen molar-refractivity contribution < 1.29 is 0 Å². The minimum absolute atomic E-state index is 0.987. The third kappa shape index (κ3) is 3.51. The van der Waals surface area contributed by atoms with Crippen LogP contribution in [0, 0.1) is 0 Å². The second-order valence-corrected chi connectivity index (χ2v) is 5.37. The van der Waals surface area contributed by atoms with Gasteiger partial charge in [0.15, 0.2) is 0 Å². The van der Waals surface area contributed by atoms with Crippen molar-refractivity contribution in [1.29, 1.82) is 0 Å². The lowest BCUT2D eigenvalue weighted by molar-refractivity contribution is 1.19. The maximum atomic E-state index is 2.32. The Labute approximate surface area is 138 Å². The molecular formula is C22H21N. The molecule has 23 heavy (non-hydrogen) atoms. The summed E-state index contributed by atoms with van der Waals surface area (Å²) in [5.41, 5.74) is 4.78. The van der Waals surface area contributed by atoms with Crippen LogP contribution in [0.2, 0.25) is 0 Å². The Kier molecular flexibility index (Phi) is 4.90. The van der Waals surface area contributed by atoms with Crippen LogP contribution in [0.3, 0.4) is 0 Å². The summed E-state index contributed by atoms with van der Waals surface area (Å²) >= 11 is 0. The number of para-hydroxylation sites is 2. The highest BCUT2D eigenvalue weighted by molar-refractivity contribution is 5.87. The molecule has 0 spiro atoms. The fraction of sp³-hybridized carbons (Fsp3) is 0.0909. The van der Waals surface area contributed by atoms with Crippen LogP contribution >= 0.6 is 0 Å². The molecule has 0 atom stereocenters. The van der Waals surface area contributed by atoms with E-state index in [1.165, 1.54) is 22.6 Å². The monoisotopic (exact) mass is 299 g/mol. The van der Waals surface area contributed by atoms with E-state index in [-0.39, 0.29) is 0 Å². The number of rotatable bonds is 5. The van der Waals surface area contributed by atoms with Gasteiger partial charge in [-0.1, -0.05) is 79.7 Å². The summed E-state index contributed by atoms with van der Waals surface area (Å²) in [6, 6.07) is 31.6. The second-order valence-electron chi connectivity index (χ2n) is 5.37. The van der Waals surface area contributed by atoms with Gasteiger partial charge < -0.3 is 4.90 Å². The van der Waals surface area contributed by atoms with E-state index in [2.05, 4.69) is 109 Å². The fourth-order valence-corrected chi connectivity index (χ4v) is 2.72. The molecular weight excluding hydrogens is 278 g/mol. The minimum Gasteiger partial charge on any atom is -0.310 e. The Hall–Kier alpha value is -2.80. The first-order valence-corrected chi connectivity index (χ1v) is 8.06. The summed E-state index contributed by atoms with van der Waals surface area (Å²) in [7, 11) is 0. The van der Waals surface area contributed by atoms with Crippen LogP contribution in [-0.2, 0) is 0 Å². The largest absolute Gasteiger partial charge is 0.310 e. The minimum atomic E-state index is 0.987. The zero-order chi connectivity index (χ0) is 15.9. The Bertz CT molecular complexity index is 706. The highest BCUT2D eigenvalue weighted by Gasteiger charge is 2.15. The number of benzene rings is 3. The van der Waals surface area contributed by atoms with Gasteiger partial charge >= 0.3 is 0 Å². The van der Waals surface area contributed by atoms with Gasteiger partial charge in [-0.2, -0.15) is 0 Å². The van der Waals surface area contributed by atoms with Crippen LogP contribution in [0.15, 0.2) is 97.1 Å². The molecule has 0 heterocycles. The van der Waals surface area contributed by atoms with Gasteiger partial charge in [0.05, 0.1) is 0 Å². The maximum absolute atomic E-state index is 2.32. The third-order valence-electron chi connectivity index (χ3n) is 3.74. The molecule has 0 N–H and O–H groups in total. The average molecular weight is 299 g/mol. The number of nitrogens with zero attached hydrogens (tertiary/aromatic N) is 1. The van der Waals surface area contributed by atoms with Crippen molar-refractivity contribution in [1.82, 2.24) is 0 Å². The lowest BCUT2D eigenvalue weighted by Crippen LogP contribution is -2.15. The number of hydrogen-bond donors (Lipinski definition) is 0. The molecule has 1 nitrogen and oxygen atoms in total. The van der Waals surface area contributed by atoms with Gasteiger partial charge in [0.1, 0.15) is 0 Å². The molecule has 1 heteroatoms. The van der Waals surface area contributed by atoms with Gasteiger partial charge in [0.2, 0.25) is 0 Å². The van der Waals surface area contributed by atoms with Gasteiger partial charge in [-0.15, -0.1) is 0 Å². The molecule has 0 aliphatic carbocycles. The summed E-state index contributed by atoms with van der Waals surface area (Å²) in [5, 5.41) is 0. The lowest BCUT2D eigenvalue weighted by Gasteiger charge is -2.28. The van der Waals surface area contributed by atoms with Crippen LogP contribution in [0.25, 0.3) is 5.70 Å². The molecule has 0 fully saturated rings. The van der Waals surface area contributed by atoms with Gasteiger partial charge in [-0.3, -0.25) is 0 Å². The quantitative estimate of drug-likeness (QED) is 0.536. The van der Waals surface area contributed by atoms with E-state index in [9.17, 15) is 0 Å². The predicted octanol–water partition coefficient (Wildman–Crippen LogP) is 6.28. The number of anilines is 2. The Morgan fingerprint density at radius 3 is 1.57 bits per heavy atom. The van der Waals surface area contributed by atoms with E-state index in [4.69, 9.17) is 0 Å². The van der Waals surface area contributed by atoms with Crippen LogP contribution in [-0.4, -0.2) is 0 Å². The van der Waals surface area contributed by atoms with Crippen molar-refractivity contribution in [3.05, 3.63) is 103 Å². The zero-order valence-corrected chi connectivity index (χ0v) is 13.4. The average Bonchev–Trinajstić information content (AvgIpc) is 2.64. The molecule has 0 amide bonds. The summed E-state index contributed by atoms with van der Waals surface area (Å²) in [6.07, 6.45) is 3.27. The van der Waals surface area contributed by atoms with E-state index in [1.54, 1.807) is 0 Å². The third-order valence-corrected chi connectivity index (χ3v) is 3.74. The van der Waals surface area contributed by atoms with Crippen molar-refractivity contribution in [2.24, 2.45) is 0 Å². The van der Waals surface area contributed by atoms with Gasteiger partial charge in [-0.25, -0.2) is 0 Å². The van der Waals surface area contributed by atoms with Crippen LogP contribution in [0.1, 0.15) is 18.9 Å². The van der Waals surface area contributed by atoms with Crippen molar-refractivity contribution in [2.45, 2.75) is 13.3 Å². The summed E-state index contributed by atoms with van der Waals surface area (Å²) in [4.78, 5) is 2.32. The summed E-state index contributed by atoms with van der Waals surface area (Å²) in [5.74, 6) is 0. The van der Waals surface area contributed by atoms with E-state index >= 15 is 0 Å². The zero-order valence-electron chi connectivity index (χ0n) is 13.4. The normalized spacial score (nSPS) is 11.3. The van der Waals surface area contributed by atoms with Crippen LogP contribution < -0.4 is 4.90 Å². The highest BCUT2D eigenvalue weighted by Crippen LogP contribution is 2.34. The Morgan fingerprint density at radius 1 is 0.696 bits per heavy atom. The topological polar surface area (TPSA) is 3.24 Å². The predicted molar refractivity (Wildman–Crippen MR) is 99.7 cm³/mol. The number of hydrogen-bond acceptors (Lipinski definition) is 1. The molecule has 3 rings (SSSR count). The molecule has 0 aliphatic rings. The van der Waals surface area contributed by atoms with E-state index < -0.39 is 0 Å².